The van der Waals surface area contributed by atoms with Gasteiger partial charge in [-0.05, 0) is 30.7 Å². The van der Waals surface area contributed by atoms with Crippen molar-refractivity contribution in [3.63, 3.8) is 0 Å². The molecule has 2 aliphatic heterocycles. The van der Waals surface area contributed by atoms with Crippen LogP contribution in [0.15, 0.2) is 17.5 Å². The van der Waals surface area contributed by atoms with Crippen LogP contribution in [0.3, 0.4) is 0 Å². The molecule has 0 bridgehead atoms. The highest BCUT2D eigenvalue weighted by Crippen LogP contribution is 2.35. The van der Waals surface area contributed by atoms with Crippen molar-refractivity contribution in [2.24, 2.45) is 0 Å². The number of carbonyl (C=O) groups is 1. The number of sulfonamides is 1. The standard InChI is InChI=1S/C14H22N2O3S2.C2HF3O2/c1-21(17,18)15-12-4-7-19-14(9-12)5-6-16(11-14)10-13-3-2-8-20-13;3-2(4,5)1(6)7/h2-3,8,12,15H,4-7,9-11H2,1H3;(H,6,7)/t12-,14-;/m1./s1. The number of ether oxygens (including phenoxy) is 1. The van der Waals surface area contributed by atoms with Crippen LogP contribution in [0.1, 0.15) is 24.1 Å². The predicted molar refractivity (Wildman–Crippen MR) is 97.6 cm³/mol. The van der Waals surface area contributed by atoms with Crippen LogP contribution in [-0.2, 0) is 26.1 Å². The highest BCUT2D eigenvalue weighted by molar-refractivity contribution is 7.88. The number of alkyl halides is 3. The van der Waals surface area contributed by atoms with Gasteiger partial charge in [0.1, 0.15) is 0 Å². The molecule has 0 amide bonds. The molecule has 160 valence electrons. The summed E-state index contributed by atoms with van der Waals surface area (Å²) < 4.78 is 63.4. The summed E-state index contributed by atoms with van der Waals surface area (Å²) in [6.45, 7) is 3.52. The maximum absolute atomic E-state index is 11.4. The Hall–Kier alpha value is -1.21. The second kappa shape index (κ2) is 9.08. The topological polar surface area (TPSA) is 95.9 Å². The third kappa shape index (κ3) is 7.32. The molecular weight excluding hydrogens is 421 g/mol. The zero-order valence-electron chi connectivity index (χ0n) is 15.2. The monoisotopic (exact) mass is 444 g/mol. The van der Waals surface area contributed by atoms with Gasteiger partial charge >= 0.3 is 12.1 Å². The van der Waals surface area contributed by atoms with Crippen LogP contribution in [0, 0.1) is 0 Å². The van der Waals surface area contributed by atoms with Gasteiger partial charge in [-0.1, -0.05) is 6.07 Å². The number of carboxylic acids is 1. The molecule has 2 atom stereocenters. The quantitative estimate of drug-likeness (QED) is 0.738. The van der Waals surface area contributed by atoms with Crippen molar-refractivity contribution < 1.29 is 36.2 Å². The zero-order chi connectivity index (χ0) is 21.0. The van der Waals surface area contributed by atoms with E-state index in [0.717, 1.165) is 38.9 Å². The Balaban J connectivity index is 0.000000345. The third-order valence-corrected chi connectivity index (χ3v) is 6.09. The van der Waals surface area contributed by atoms with Crippen molar-refractivity contribution >= 4 is 27.3 Å². The van der Waals surface area contributed by atoms with Crippen molar-refractivity contribution in [3.8, 4) is 0 Å². The first-order chi connectivity index (χ1) is 12.9. The van der Waals surface area contributed by atoms with Gasteiger partial charge in [-0.2, -0.15) is 13.2 Å². The summed E-state index contributed by atoms with van der Waals surface area (Å²) in [5.41, 5.74) is -0.169. The molecule has 0 unspecified atom stereocenters. The van der Waals surface area contributed by atoms with E-state index in [1.807, 2.05) is 0 Å². The Bertz CT molecular complexity index is 755. The third-order valence-electron chi connectivity index (χ3n) is 4.47. The molecule has 0 radical (unpaired) electrons. The van der Waals surface area contributed by atoms with Crippen molar-refractivity contribution in [2.45, 2.75) is 43.6 Å². The SMILES string of the molecule is CS(=O)(=O)N[C@@H]1CCO[C@]2(CCN(Cc3cccs3)C2)C1.O=C(O)C(F)(F)F. The largest absolute Gasteiger partial charge is 0.490 e. The average Bonchev–Trinajstić information content (AvgIpc) is 3.16. The van der Waals surface area contributed by atoms with Crippen LogP contribution < -0.4 is 4.72 Å². The van der Waals surface area contributed by atoms with Gasteiger partial charge in [-0.25, -0.2) is 17.9 Å². The maximum Gasteiger partial charge on any atom is 0.490 e. The average molecular weight is 444 g/mol. The molecule has 2 N–H and O–H groups in total. The van der Waals surface area contributed by atoms with Crippen molar-refractivity contribution in [1.82, 2.24) is 9.62 Å². The molecule has 0 aromatic carbocycles. The number of nitrogens with one attached hydrogen (secondary N) is 1. The summed E-state index contributed by atoms with van der Waals surface area (Å²) in [6, 6.07) is 4.25. The smallest absolute Gasteiger partial charge is 0.475 e. The molecule has 0 aliphatic carbocycles. The van der Waals surface area contributed by atoms with E-state index in [-0.39, 0.29) is 11.6 Å². The zero-order valence-corrected chi connectivity index (χ0v) is 16.9. The fourth-order valence-corrected chi connectivity index (χ4v) is 4.95. The fourth-order valence-electron chi connectivity index (χ4n) is 3.40. The molecule has 2 aliphatic rings. The van der Waals surface area contributed by atoms with Crippen LogP contribution in [0.25, 0.3) is 0 Å². The summed E-state index contributed by atoms with van der Waals surface area (Å²) >= 11 is 1.78. The number of nitrogens with zero attached hydrogens (tertiary/aromatic N) is 1. The number of carboxylic acid groups (broad SMARTS) is 1. The van der Waals surface area contributed by atoms with Gasteiger partial charge in [0.15, 0.2) is 0 Å². The highest BCUT2D eigenvalue weighted by atomic mass is 32.2. The van der Waals surface area contributed by atoms with Crippen LogP contribution >= 0.6 is 11.3 Å². The minimum Gasteiger partial charge on any atom is -0.475 e. The van der Waals surface area contributed by atoms with E-state index in [0.29, 0.717) is 6.61 Å². The Labute approximate surface area is 165 Å². The fraction of sp³-hybridized carbons (Fsp3) is 0.688. The maximum atomic E-state index is 11.4. The normalized spacial score (nSPS) is 26.1. The molecule has 1 spiro atoms. The molecule has 3 rings (SSSR count). The van der Waals surface area contributed by atoms with Gasteiger partial charge in [0.2, 0.25) is 10.0 Å². The molecule has 7 nitrogen and oxygen atoms in total. The van der Waals surface area contributed by atoms with Crippen molar-refractivity contribution in [1.29, 1.82) is 0 Å². The summed E-state index contributed by atoms with van der Waals surface area (Å²) in [7, 11) is -3.14. The number of likely N-dealkylation sites (tertiary alicyclic amines) is 1. The first-order valence-corrected chi connectivity index (χ1v) is 11.3. The van der Waals surface area contributed by atoms with Crippen LogP contribution in [0.2, 0.25) is 0 Å². The van der Waals surface area contributed by atoms with Gasteiger partial charge in [-0.3, -0.25) is 4.90 Å². The Kier molecular flexibility index (Phi) is 7.48. The lowest BCUT2D eigenvalue weighted by atomic mass is 9.90. The molecule has 12 heteroatoms. The van der Waals surface area contributed by atoms with Gasteiger partial charge < -0.3 is 9.84 Å². The van der Waals surface area contributed by atoms with E-state index in [9.17, 15) is 21.6 Å². The molecule has 1 aromatic rings. The lowest BCUT2D eigenvalue weighted by Gasteiger charge is -2.38. The van der Waals surface area contributed by atoms with Crippen LogP contribution in [0.5, 0.6) is 0 Å². The number of thiophene rings is 1. The van der Waals surface area contributed by atoms with E-state index < -0.39 is 22.2 Å². The number of hydrogen-bond acceptors (Lipinski definition) is 6. The van der Waals surface area contributed by atoms with E-state index in [4.69, 9.17) is 14.6 Å². The van der Waals surface area contributed by atoms with Gasteiger partial charge in [0.05, 0.1) is 11.9 Å². The second-order valence-electron chi connectivity index (χ2n) is 6.95. The molecule has 0 saturated carbocycles. The first-order valence-electron chi connectivity index (χ1n) is 8.55. The minimum absolute atomic E-state index is 0.00966. The Morgan fingerprint density at radius 3 is 2.71 bits per heavy atom. The van der Waals surface area contributed by atoms with E-state index in [1.54, 1.807) is 11.3 Å². The lowest BCUT2D eigenvalue weighted by molar-refractivity contribution is -0.192. The van der Waals surface area contributed by atoms with Crippen molar-refractivity contribution in [2.75, 3.05) is 26.0 Å². The number of halogens is 3. The summed E-state index contributed by atoms with van der Waals surface area (Å²) in [5, 5.41) is 9.23. The first kappa shape index (κ1) is 23.1. The number of aliphatic carboxylic acids is 1. The molecule has 1 aromatic heterocycles. The number of rotatable bonds is 4. The van der Waals surface area contributed by atoms with Crippen molar-refractivity contribution in [3.05, 3.63) is 22.4 Å². The van der Waals surface area contributed by atoms with Crippen LogP contribution in [-0.4, -0.2) is 68.2 Å². The van der Waals surface area contributed by atoms with Gasteiger partial charge in [-0.15, -0.1) is 11.3 Å². The lowest BCUT2D eigenvalue weighted by Crippen LogP contribution is -2.49. The minimum atomic E-state index is -5.08. The van der Waals surface area contributed by atoms with Gasteiger partial charge in [0.25, 0.3) is 0 Å². The van der Waals surface area contributed by atoms with E-state index >= 15 is 0 Å². The molecule has 3 heterocycles. The van der Waals surface area contributed by atoms with E-state index in [1.165, 1.54) is 11.1 Å². The van der Waals surface area contributed by atoms with Gasteiger partial charge in [0, 0.05) is 37.2 Å². The predicted octanol–water partition coefficient (Wildman–Crippen LogP) is 2.05. The van der Waals surface area contributed by atoms with Crippen LogP contribution in [0.4, 0.5) is 13.2 Å². The Morgan fingerprint density at radius 2 is 2.18 bits per heavy atom. The second-order valence-corrected chi connectivity index (χ2v) is 9.77. The summed E-state index contributed by atoms with van der Waals surface area (Å²) in [4.78, 5) is 12.7. The highest BCUT2D eigenvalue weighted by Gasteiger charge is 2.43. The molecule has 2 saturated heterocycles. The molecule has 28 heavy (non-hydrogen) atoms. The summed E-state index contributed by atoms with van der Waals surface area (Å²) in [6.07, 6.45) is -1.33. The molecular formula is C16H23F3N2O5S2. The molecule has 2 fully saturated rings. The van der Waals surface area contributed by atoms with E-state index in [2.05, 4.69) is 27.1 Å². The summed E-state index contributed by atoms with van der Waals surface area (Å²) in [5.74, 6) is -2.76. The Morgan fingerprint density at radius 1 is 1.50 bits per heavy atom. The number of hydrogen-bond donors (Lipinski definition) is 2.